The third kappa shape index (κ3) is 3.23. The van der Waals surface area contributed by atoms with Crippen molar-refractivity contribution < 1.29 is 9.63 Å². The second-order valence-corrected chi connectivity index (χ2v) is 4.70. The first-order valence-corrected chi connectivity index (χ1v) is 6.35. The Kier molecular flexibility index (Phi) is 4.03. The summed E-state index contributed by atoms with van der Waals surface area (Å²) in [4.78, 5) is 20.1. The van der Waals surface area contributed by atoms with Gasteiger partial charge < -0.3 is 10.6 Å². The monoisotopic (exact) mass is 254 g/mol. The van der Waals surface area contributed by atoms with Crippen LogP contribution in [0.25, 0.3) is 0 Å². The van der Waals surface area contributed by atoms with Crippen molar-refractivity contribution >= 4 is 28.7 Å². The van der Waals surface area contributed by atoms with E-state index in [-0.39, 0.29) is 17.6 Å². The minimum absolute atomic E-state index is 0.100. The number of hydrogen-bond donors (Lipinski definition) is 1. The Labute approximate surface area is 103 Å². The largest absolute Gasteiger partial charge is 0.392 e. The fraction of sp³-hybridized carbons (Fsp3) is 0.600. The zero-order valence-electron chi connectivity index (χ0n) is 9.33. The molecule has 17 heavy (non-hydrogen) atoms. The Bertz CT molecular complexity index is 412. The molecule has 7 heteroatoms. The molecule has 1 aliphatic rings. The van der Waals surface area contributed by atoms with Gasteiger partial charge in [0.2, 0.25) is 0 Å². The fourth-order valence-corrected chi connectivity index (χ4v) is 2.20. The summed E-state index contributed by atoms with van der Waals surface area (Å²) in [6.45, 7) is 0. The number of carbonyl (C=O) groups excluding carboxylic acids is 1. The van der Waals surface area contributed by atoms with Crippen LogP contribution in [0.2, 0.25) is 0 Å². The number of nitrogen functional groups attached to an aromatic ring is 1. The molecule has 2 N–H and O–H groups in total. The normalized spacial score (nSPS) is 18.0. The van der Waals surface area contributed by atoms with Crippen LogP contribution >= 0.6 is 11.5 Å². The number of aromatic nitrogens is 2. The van der Waals surface area contributed by atoms with Crippen molar-refractivity contribution in [3.63, 3.8) is 0 Å². The molecule has 0 amide bonds. The number of rotatable bonds is 4. The number of carbonyl (C=O) groups is 1. The molecule has 1 aliphatic carbocycles. The summed E-state index contributed by atoms with van der Waals surface area (Å²) in [7, 11) is 0. The molecule has 1 aromatic rings. The van der Waals surface area contributed by atoms with Crippen LogP contribution in [-0.2, 0) is 9.63 Å². The van der Waals surface area contributed by atoms with Gasteiger partial charge in [-0.15, -0.1) is 0 Å². The summed E-state index contributed by atoms with van der Waals surface area (Å²) in [6, 6.07) is 0. The van der Waals surface area contributed by atoms with Gasteiger partial charge in [-0.3, -0.25) is 4.79 Å². The van der Waals surface area contributed by atoms with Gasteiger partial charge in [-0.05, 0) is 25.7 Å². The van der Waals surface area contributed by atoms with Crippen molar-refractivity contribution in [2.45, 2.75) is 38.2 Å². The van der Waals surface area contributed by atoms with E-state index in [1.54, 1.807) is 0 Å². The Morgan fingerprint density at radius 1 is 1.47 bits per heavy atom. The maximum absolute atomic E-state index is 10.9. The van der Waals surface area contributed by atoms with Crippen LogP contribution in [0.15, 0.2) is 5.16 Å². The van der Waals surface area contributed by atoms with E-state index < -0.39 is 0 Å². The molecule has 0 atom stereocenters. The molecular weight excluding hydrogens is 240 g/mol. The number of nitrogens with two attached hydrogens (primary N) is 1. The zero-order chi connectivity index (χ0) is 12.1. The molecule has 0 spiro atoms. The highest BCUT2D eigenvalue weighted by Gasteiger charge is 2.16. The molecule has 0 aliphatic heterocycles. The van der Waals surface area contributed by atoms with Gasteiger partial charge in [0.25, 0.3) is 0 Å². The van der Waals surface area contributed by atoms with Gasteiger partial charge in [0, 0.05) is 11.5 Å². The fourth-order valence-electron chi connectivity index (χ4n) is 1.76. The lowest BCUT2D eigenvalue weighted by molar-refractivity contribution is -0.102. The summed E-state index contributed by atoms with van der Waals surface area (Å²) in [5.41, 5.74) is 5.54. The highest BCUT2D eigenvalue weighted by Crippen LogP contribution is 2.20. The van der Waals surface area contributed by atoms with E-state index in [1.807, 2.05) is 0 Å². The number of nitrogens with zero attached hydrogens (tertiary/aromatic N) is 3. The van der Waals surface area contributed by atoms with Crippen LogP contribution in [-0.4, -0.2) is 27.5 Å². The van der Waals surface area contributed by atoms with Gasteiger partial charge in [-0.25, -0.2) is 0 Å². The Morgan fingerprint density at radius 3 is 2.82 bits per heavy atom. The highest BCUT2D eigenvalue weighted by molar-refractivity contribution is 7.09. The van der Waals surface area contributed by atoms with Crippen molar-refractivity contribution in [1.82, 2.24) is 9.36 Å². The van der Waals surface area contributed by atoms with Crippen LogP contribution in [0.1, 0.15) is 37.9 Å². The van der Waals surface area contributed by atoms with Gasteiger partial charge in [0.05, 0.1) is 0 Å². The minimum Gasteiger partial charge on any atom is -0.392 e. The van der Waals surface area contributed by atoms with Gasteiger partial charge in [0.15, 0.2) is 23.0 Å². The van der Waals surface area contributed by atoms with Crippen LogP contribution in [0, 0.1) is 0 Å². The second-order valence-electron chi connectivity index (χ2n) is 3.92. The predicted molar refractivity (Wildman–Crippen MR) is 64.9 cm³/mol. The number of hydrogen-bond acceptors (Lipinski definition) is 7. The molecule has 0 radical (unpaired) electrons. The third-order valence-corrected chi connectivity index (χ3v) is 3.18. The van der Waals surface area contributed by atoms with E-state index in [1.165, 1.54) is 6.42 Å². The number of aldehydes is 1. The summed E-state index contributed by atoms with van der Waals surface area (Å²) in [5, 5.41) is 4.14. The van der Waals surface area contributed by atoms with E-state index >= 15 is 0 Å². The molecule has 1 fully saturated rings. The summed E-state index contributed by atoms with van der Waals surface area (Å²) >= 11 is 1.03. The standard InChI is InChI=1S/C10H14N4O2S/c11-10-12-9(14-17-10)8(6-15)13-16-7-4-2-1-3-5-7/h6-7H,1-5H2,(H2,11,12,14). The Balaban J connectivity index is 1.99. The first-order chi connectivity index (χ1) is 8.29. The van der Waals surface area contributed by atoms with Crippen LogP contribution in [0.4, 0.5) is 5.13 Å². The first-order valence-electron chi connectivity index (χ1n) is 5.58. The lowest BCUT2D eigenvalue weighted by atomic mass is 9.98. The van der Waals surface area contributed by atoms with E-state index in [4.69, 9.17) is 10.6 Å². The maximum Gasteiger partial charge on any atom is 0.200 e. The molecule has 0 aromatic carbocycles. The quantitative estimate of drug-likeness (QED) is 0.498. The highest BCUT2D eigenvalue weighted by atomic mass is 32.1. The van der Waals surface area contributed by atoms with E-state index in [2.05, 4.69) is 14.5 Å². The molecule has 0 bridgehead atoms. The Hall–Kier alpha value is -1.50. The molecule has 92 valence electrons. The lowest BCUT2D eigenvalue weighted by Crippen LogP contribution is -2.16. The number of anilines is 1. The van der Waals surface area contributed by atoms with Crippen molar-refractivity contribution in [2.24, 2.45) is 5.16 Å². The minimum atomic E-state index is 0.100. The number of oxime groups is 1. The van der Waals surface area contributed by atoms with Crippen molar-refractivity contribution in [1.29, 1.82) is 0 Å². The molecular formula is C10H14N4O2S. The van der Waals surface area contributed by atoms with E-state index in [0.717, 1.165) is 37.2 Å². The smallest absolute Gasteiger partial charge is 0.200 e. The van der Waals surface area contributed by atoms with Gasteiger partial charge in [-0.2, -0.15) is 9.36 Å². The average molecular weight is 254 g/mol. The van der Waals surface area contributed by atoms with Crippen molar-refractivity contribution in [2.75, 3.05) is 5.73 Å². The molecule has 1 aromatic heterocycles. The molecule has 0 saturated heterocycles. The second kappa shape index (κ2) is 5.72. The molecule has 0 unspecified atom stereocenters. The van der Waals surface area contributed by atoms with Gasteiger partial charge in [0.1, 0.15) is 6.10 Å². The van der Waals surface area contributed by atoms with E-state index in [0.29, 0.717) is 11.4 Å². The predicted octanol–water partition coefficient (Wildman–Crippen LogP) is 1.37. The maximum atomic E-state index is 10.9. The van der Waals surface area contributed by atoms with Crippen molar-refractivity contribution in [3.8, 4) is 0 Å². The Morgan fingerprint density at radius 2 is 2.24 bits per heavy atom. The van der Waals surface area contributed by atoms with Crippen LogP contribution < -0.4 is 5.73 Å². The molecule has 6 nitrogen and oxygen atoms in total. The zero-order valence-corrected chi connectivity index (χ0v) is 10.2. The van der Waals surface area contributed by atoms with E-state index in [9.17, 15) is 4.79 Å². The van der Waals surface area contributed by atoms with Gasteiger partial charge in [-0.1, -0.05) is 11.6 Å². The van der Waals surface area contributed by atoms with Gasteiger partial charge >= 0.3 is 0 Å². The van der Waals surface area contributed by atoms with Crippen LogP contribution in [0.3, 0.4) is 0 Å². The molecule has 2 rings (SSSR count). The lowest BCUT2D eigenvalue weighted by Gasteiger charge is -2.19. The summed E-state index contributed by atoms with van der Waals surface area (Å²) < 4.78 is 3.91. The molecule has 1 saturated carbocycles. The van der Waals surface area contributed by atoms with Crippen LogP contribution in [0.5, 0.6) is 0 Å². The third-order valence-electron chi connectivity index (χ3n) is 2.63. The summed E-state index contributed by atoms with van der Waals surface area (Å²) in [5.74, 6) is 0.235. The first kappa shape index (κ1) is 12.0. The molecule has 1 heterocycles. The summed E-state index contributed by atoms with van der Waals surface area (Å²) in [6.07, 6.45) is 6.22. The average Bonchev–Trinajstić information content (AvgIpc) is 2.78. The van der Waals surface area contributed by atoms with Crippen molar-refractivity contribution in [3.05, 3.63) is 5.82 Å². The topological polar surface area (TPSA) is 90.5 Å². The SMILES string of the molecule is Nc1nc(C(C=O)=NOC2CCCCC2)ns1.